The second-order valence-corrected chi connectivity index (χ2v) is 7.20. The fourth-order valence-corrected chi connectivity index (χ4v) is 4.07. The van der Waals surface area contributed by atoms with Crippen LogP contribution in [0.3, 0.4) is 0 Å². The highest BCUT2D eigenvalue weighted by molar-refractivity contribution is 7.89. The smallest absolute Gasteiger partial charge is 0.246 e. The van der Waals surface area contributed by atoms with Crippen LogP contribution in [0.5, 0.6) is 0 Å². The molecule has 1 saturated heterocycles. The van der Waals surface area contributed by atoms with E-state index >= 15 is 0 Å². The maximum Gasteiger partial charge on any atom is 0.246 e. The molecule has 1 aromatic rings. The maximum atomic E-state index is 12.8. The van der Waals surface area contributed by atoms with Crippen molar-refractivity contribution in [3.63, 3.8) is 0 Å². The minimum atomic E-state index is -3.59. The fraction of sp³-hybridized carbons (Fsp3) is 0.643. The number of nitrogens with zero attached hydrogens (tertiary/aromatic N) is 2. The van der Waals surface area contributed by atoms with E-state index in [1.165, 1.54) is 4.31 Å². The van der Waals surface area contributed by atoms with E-state index in [1.807, 2.05) is 13.8 Å². The standard InChI is InChI=1S/C14H23N3O3S/c1-4-8-15-14-13(6-5-9-16-14)21(18,19)17(3)12-7-10-20-11(12)2/h5-6,9,11-12H,4,7-8,10H2,1-3H3,(H,15,16). The summed E-state index contributed by atoms with van der Waals surface area (Å²) in [5, 5.41) is 3.08. The highest BCUT2D eigenvalue weighted by atomic mass is 32.2. The van der Waals surface area contributed by atoms with Gasteiger partial charge in [0.25, 0.3) is 0 Å². The molecule has 0 radical (unpaired) electrons. The third kappa shape index (κ3) is 3.36. The predicted octanol–water partition coefficient (Wildman–Crippen LogP) is 1.70. The molecule has 2 unspecified atom stereocenters. The normalized spacial score (nSPS) is 22.7. The predicted molar refractivity (Wildman–Crippen MR) is 81.8 cm³/mol. The lowest BCUT2D eigenvalue weighted by Crippen LogP contribution is -2.41. The Labute approximate surface area is 126 Å². The molecule has 118 valence electrons. The van der Waals surface area contributed by atoms with Gasteiger partial charge in [-0.2, -0.15) is 4.31 Å². The first-order chi connectivity index (χ1) is 9.98. The minimum Gasteiger partial charge on any atom is -0.377 e. The van der Waals surface area contributed by atoms with Crippen molar-refractivity contribution in [3.8, 4) is 0 Å². The molecule has 0 aromatic carbocycles. The number of hydrogen-bond donors (Lipinski definition) is 1. The summed E-state index contributed by atoms with van der Waals surface area (Å²) in [6.07, 6.45) is 3.13. The summed E-state index contributed by atoms with van der Waals surface area (Å²) in [4.78, 5) is 4.38. The topological polar surface area (TPSA) is 71.5 Å². The molecule has 0 amide bonds. The Hall–Kier alpha value is -1.18. The Morgan fingerprint density at radius 3 is 2.90 bits per heavy atom. The van der Waals surface area contributed by atoms with Crippen molar-refractivity contribution in [2.45, 2.75) is 43.7 Å². The van der Waals surface area contributed by atoms with E-state index in [-0.39, 0.29) is 17.0 Å². The lowest BCUT2D eigenvalue weighted by molar-refractivity contribution is 0.102. The molecule has 2 heterocycles. The van der Waals surface area contributed by atoms with Gasteiger partial charge < -0.3 is 10.1 Å². The number of sulfonamides is 1. The van der Waals surface area contributed by atoms with Crippen LogP contribution in [0.4, 0.5) is 5.82 Å². The van der Waals surface area contributed by atoms with Crippen molar-refractivity contribution in [2.24, 2.45) is 0 Å². The second-order valence-electron chi connectivity index (χ2n) is 5.23. The first-order valence-electron chi connectivity index (χ1n) is 7.27. The molecule has 2 atom stereocenters. The quantitative estimate of drug-likeness (QED) is 0.865. The van der Waals surface area contributed by atoms with Crippen LogP contribution in [0, 0.1) is 0 Å². The Morgan fingerprint density at radius 1 is 1.52 bits per heavy atom. The summed E-state index contributed by atoms with van der Waals surface area (Å²) < 4.78 is 32.6. The lowest BCUT2D eigenvalue weighted by atomic mass is 10.2. The summed E-state index contributed by atoms with van der Waals surface area (Å²) in [5.41, 5.74) is 0. The molecule has 1 aromatic heterocycles. The number of nitrogens with one attached hydrogen (secondary N) is 1. The van der Waals surface area contributed by atoms with Gasteiger partial charge in [0.05, 0.1) is 12.1 Å². The molecular weight excluding hydrogens is 290 g/mol. The van der Waals surface area contributed by atoms with Crippen LogP contribution in [0.1, 0.15) is 26.7 Å². The Morgan fingerprint density at radius 2 is 2.29 bits per heavy atom. The van der Waals surface area contributed by atoms with Crippen molar-refractivity contribution in [1.29, 1.82) is 0 Å². The van der Waals surface area contributed by atoms with Gasteiger partial charge in [0.1, 0.15) is 10.7 Å². The molecule has 0 spiro atoms. The average Bonchev–Trinajstić information content (AvgIpc) is 2.90. The molecule has 0 bridgehead atoms. The van der Waals surface area contributed by atoms with Gasteiger partial charge in [0.15, 0.2) is 0 Å². The van der Waals surface area contributed by atoms with E-state index in [0.29, 0.717) is 19.0 Å². The summed E-state index contributed by atoms with van der Waals surface area (Å²) in [6, 6.07) is 3.11. The van der Waals surface area contributed by atoms with Gasteiger partial charge in [0, 0.05) is 26.4 Å². The second kappa shape index (κ2) is 6.72. The van der Waals surface area contributed by atoms with Crippen LogP contribution in [-0.4, -0.2) is 50.1 Å². The summed E-state index contributed by atoms with van der Waals surface area (Å²) in [7, 11) is -1.98. The van der Waals surface area contributed by atoms with Gasteiger partial charge in [-0.3, -0.25) is 0 Å². The number of ether oxygens (including phenoxy) is 1. The van der Waals surface area contributed by atoms with E-state index in [9.17, 15) is 8.42 Å². The van der Waals surface area contributed by atoms with Gasteiger partial charge in [-0.05, 0) is 31.9 Å². The highest BCUT2D eigenvalue weighted by Crippen LogP contribution is 2.27. The van der Waals surface area contributed by atoms with Crippen LogP contribution < -0.4 is 5.32 Å². The molecule has 6 nitrogen and oxygen atoms in total. The van der Waals surface area contributed by atoms with E-state index in [1.54, 1.807) is 25.4 Å². The average molecular weight is 313 g/mol. The Kier molecular flexibility index (Phi) is 5.18. The number of aromatic nitrogens is 1. The third-order valence-corrected chi connectivity index (χ3v) is 5.69. The molecule has 1 fully saturated rings. The summed E-state index contributed by atoms with van der Waals surface area (Å²) in [5.74, 6) is 0.415. The molecule has 0 aliphatic carbocycles. The molecule has 21 heavy (non-hydrogen) atoms. The lowest BCUT2D eigenvalue weighted by Gasteiger charge is -2.26. The molecule has 1 aliphatic rings. The first-order valence-corrected chi connectivity index (χ1v) is 8.71. The number of hydrogen-bond acceptors (Lipinski definition) is 5. The molecule has 7 heteroatoms. The van der Waals surface area contributed by atoms with Crippen LogP contribution in [0.25, 0.3) is 0 Å². The molecule has 1 aliphatic heterocycles. The minimum absolute atomic E-state index is 0.0894. The third-order valence-electron chi connectivity index (χ3n) is 3.77. The Bertz CT molecular complexity index is 577. The molecule has 0 saturated carbocycles. The zero-order chi connectivity index (χ0) is 15.5. The van der Waals surface area contributed by atoms with Crippen LogP contribution in [-0.2, 0) is 14.8 Å². The first kappa shape index (κ1) is 16.2. The SMILES string of the molecule is CCCNc1ncccc1S(=O)(=O)N(C)C1CCOC1C. The number of likely N-dealkylation sites (N-methyl/N-ethyl adjacent to an activating group) is 1. The van der Waals surface area contributed by atoms with Crippen LogP contribution in [0.2, 0.25) is 0 Å². The van der Waals surface area contributed by atoms with E-state index in [4.69, 9.17) is 4.74 Å². The van der Waals surface area contributed by atoms with Gasteiger partial charge in [-0.25, -0.2) is 13.4 Å². The summed E-state index contributed by atoms with van der Waals surface area (Å²) >= 11 is 0. The number of pyridine rings is 1. The number of anilines is 1. The zero-order valence-electron chi connectivity index (χ0n) is 12.7. The van der Waals surface area contributed by atoms with Gasteiger partial charge in [-0.15, -0.1) is 0 Å². The largest absolute Gasteiger partial charge is 0.377 e. The zero-order valence-corrected chi connectivity index (χ0v) is 13.6. The molecule has 2 rings (SSSR count). The molecule has 1 N–H and O–H groups in total. The monoisotopic (exact) mass is 313 g/mol. The fourth-order valence-electron chi connectivity index (χ4n) is 2.51. The van der Waals surface area contributed by atoms with Crippen molar-refractivity contribution < 1.29 is 13.2 Å². The Balaban J connectivity index is 2.30. The van der Waals surface area contributed by atoms with Crippen molar-refractivity contribution in [2.75, 3.05) is 25.5 Å². The summed E-state index contributed by atoms with van der Waals surface area (Å²) in [6.45, 7) is 5.21. The van der Waals surface area contributed by atoms with Gasteiger partial charge >= 0.3 is 0 Å². The maximum absolute atomic E-state index is 12.8. The van der Waals surface area contributed by atoms with E-state index in [2.05, 4.69) is 10.3 Å². The highest BCUT2D eigenvalue weighted by Gasteiger charge is 2.36. The van der Waals surface area contributed by atoms with Crippen LogP contribution >= 0.6 is 0 Å². The van der Waals surface area contributed by atoms with Crippen molar-refractivity contribution in [1.82, 2.24) is 9.29 Å². The van der Waals surface area contributed by atoms with Crippen LogP contribution in [0.15, 0.2) is 23.2 Å². The van der Waals surface area contributed by atoms with Gasteiger partial charge in [0.2, 0.25) is 10.0 Å². The van der Waals surface area contributed by atoms with Crippen molar-refractivity contribution in [3.05, 3.63) is 18.3 Å². The van der Waals surface area contributed by atoms with Gasteiger partial charge in [-0.1, -0.05) is 6.92 Å². The van der Waals surface area contributed by atoms with Crippen molar-refractivity contribution >= 4 is 15.8 Å². The number of rotatable bonds is 6. The molecular formula is C14H23N3O3S. The van der Waals surface area contributed by atoms with E-state index < -0.39 is 10.0 Å². The van der Waals surface area contributed by atoms with E-state index in [0.717, 1.165) is 12.8 Å².